The Morgan fingerprint density at radius 1 is 1.82 bits per heavy atom. The second-order valence-corrected chi connectivity index (χ2v) is 2.39. The second kappa shape index (κ2) is 3.09. The number of carbonyl (C=O) groups is 1. The minimum absolute atomic E-state index is 0.248. The van der Waals surface area contributed by atoms with Crippen molar-refractivity contribution in [3.8, 4) is 0 Å². The van der Waals surface area contributed by atoms with Crippen LogP contribution >= 0.6 is 0 Å². The number of aromatic amines is 1. The van der Waals surface area contributed by atoms with E-state index in [4.69, 9.17) is 5.73 Å². The minimum atomic E-state index is -0.325. The molecule has 0 unspecified atom stereocenters. The zero-order valence-corrected chi connectivity index (χ0v) is 6.37. The number of aromatic nitrogens is 1. The molecule has 1 heterocycles. The maximum Gasteiger partial charge on any atom is 0.236 e. The molecule has 4 heteroatoms. The second-order valence-electron chi connectivity index (χ2n) is 2.39. The van der Waals surface area contributed by atoms with E-state index in [9.17, 15) is 4.79 Å². The summed E-state index contributed by atoms with van der Waals surface area (Å²) < 4.78 is 0. The third kappa shape index (κ3) is 2.00. The molecular weight excluding hydrogens is 142 g/mol. The predicted molar refractivity (Wildman–Crippen MR) is 43.3 cm³/mol. The molecule has 0 saturated heterocycles. The maximum absolute atomic E-state index is 10.5. The molecule has 1 amide bonds. The van der Waals surface area contributed by atoms with Crippen LogP contribution in [0.25, 0.3) is 0 Å². The van der Waals surface area contributed by atoms with Gasteiger partial charge in [0.2, 0.25) is 5.91 Å². The number of hydrogen-bond donors (Lipinski definition) is 2. The Kier molecular flexibility index (Phi) is 2.15. The van der Waals surface area contributed by atoms with Gasteiger partial charge in [0.1, 0.15) is 0 Å². The quantitative estimate of drug-likeness (QED) is 0.638. The van der Waals surface area contributed by atoms with Gasteiger partial charge in [0.05, 0.1) is 12.2 Å². The monoisotopic (exact) mass is 153 g/mol. The molecule has 0 spiro atoms. The van der Waals surface area contributed by atoms with E-state index in [1.165, 1.54) is 0 Å². The molecule has 0 fully saturated rings. The number of rotatable bonds is 3. The molecule has 0 radical (unpaired) electrons. The number of likely N-dealkylation sites (N-methyl/N-ethyl adjacent to an activating group) is 1. The van der Waals surface area contributed by atoms with Gasteiger partial charge in [-0.15, -0.1) is 0 Å². The summed E-state index contributed by atoms with van der Waals surface area (Å²) in [6.07, 6.45) is 3.61. The van der Waals surface area contributed by atoms with Crippen molar-refractivity contribution in [3.05, 3.63) is 18.5 Å². The van der Waals surface area contributed by atoms with Gasteiger partial charge < -0.3 is 15.6 Å². The highest BCUT2D eigenvalue weighted by Gasteiger charge is 2.02. The van der Waals surface area contributed by atoms with Crippen molar-refractivity contribution in [2.75, 3.05) is 18.5 Å². The average molecular weight is 153 g/mol. The van der Waals surface area contributed by atoms with Gasteiger partial charge in [-0.25, -0.2) is 0 Å². The first-order valence-electron chi connectivity index (χ1n) is 3.32. The third-order valence-corrected chi connectivity index (χ3v) is 1.42. The van der Waals surface area contributed by atoms with Crippen LogP contribution in [0.2, 0.25) is 0 Å². The molecule has 0 aliphatic heterocycles. The number of primary amides is 1. The molecule has 4 nitrogen and oxygen atoms in total. The highest BCUT2D eigenvalue weighted by molar-refractivity contribution is 5.79. The van der Waals surface area contributed by atoms with E-state index in [2.05, 4.69) is 4.98 Å². The van der Waals surface area contributed by atoms with Gasteiger partial charge in [0.15, 0.2) is 0 Å². The molecule has 1 aromatic rings. The summed E-state index contributed by atoms with van der Waals surface area (Å²) in [6.45, 7) is 0.248. The van der Waals surface area contributed by atoms with Crippen LogP contribution in [0.15, 0.2) is 18.5 Å². The summed E-state index contributed by atoms with van der Waals surface area (Å²) in [5, 5.41) is 0. The fraction of sp³-hybridized carbons (Fsp3) is 0.286. The van der Waals surface area contributed by atoms with E-state index in [0.29, 0.717) is 0 Å². The van der Waals surface area contributed by atoms with Gasteiger partial charge in [-0.3, -0.25) is 4.79 Å². The molecule has 3 N–H and O–H groups in total. The number of nitrogens with one attached hydrogen (secondary N) is 1. The molecule has 1 aromatic heterocycles. The zero-order valence-electron chi connectivity index (χ0n) is 6.37. The Labute approximate surface area is 65.0 Å². The lowest BCUT2D eigenvalue weighted by atomic mass is 10.4. The highest BCUT2D eigenvalue weighted by atomic mass is 16.1. The first kappa shape index (κ1) is 7.65. The Hall–Kier alpha value is -1.45. The molecule has 0 aliphatic rings. The van der Waals surface area contributed by atoms with Gasteiger partial charge in [-0.1, -0.05) is 0 Å². The molecular formula is C7H11N3O. The van der Waals surface area contributed by atoms with Crippen LogP contribution in [0.5, 0.6) is 0 Å². The van der Waals surface area contributed by atoms with E-state index in [1.807, 2.05) is 19.3 Å². The topological polar surface area (TPSA) is 62.1 Å². The summed E-state index contributed by atoms with van der Waals surface area (Å²) in [6, 6.07) is 1.88. The Morgan fingerprint density at radius 3 is 3.00 bits per heavy atom. The largest absolute Gasteiger partial charge is 0.368 e. The van der Waals surface area contributed by atoms with E-state index in [-0.39, 0.29) is 12.5 Å². The molecule has 0 aliphatic carbocycles. The first-order valence-corrected chi connectivity index (χ1v) is 3.32. The number of anilines is 1. The van der Waals surface area contributed by atoms with Crippen molar-refractivity contribution in [1.29, 1.82) is 0 Å². The Balaban J connectivity index is 2.56. The van der Waals surface area contributed by atoms with Gasteiger partial charge in [-0.05, 0) is 6.07 Å². The fourth-order valence-electron chi connectivity index (χ4n) is 0.878. The maximum atomic E-state index is 10.5. The molecule has 0 aromatic carbocycles. The van der Waals surface area contributed by atoms with Crippen molar-refractivity contribution in [2.24, 2.45) is 5.73 Å². The van der Waals surface area contributed by atoms with Crippen LogP contribution in [0.3, 0.4) is 0 Å². The lowest BCUT2D eigenvalue weighted by Gasteiger charge is -2.13. The van der Waals surface area contributed by atoms with Crippen LogP contribution < -0.4 is 10.6 Å². The molecule has 0 bridgehead atoms. The van der Waals surface area contributed by atoms with Crippen LogP contribution in [0.4, 0.5) is 5.69 Å². The number of carbonyl (C=O) groups excluding carboxylic acids is 1. The van der Waals surface area contributed by atoms with Crippen LogP contribution in [0.1, 0.15) is 0 Å². The third-order valence-electron chi connectivity index (χ3n) is 1.42. The lowest BCUT2D eigenvalue weighted by Crippen LogP contribution is -2.30. The fourth-order valence-corrected chi connectivity index (χ4v) is 0.878. The molecule has 0 saturated carbocycles. The Bertz CT molecular complexity index is 230. The van der Waals surface area contributed by atoms with Gasteiger partial charge in [-0.2, -0.15) is 0 Å². The van der Waals surface area contributed by atoms with E-state index in [1.54, 1.807) is 11.1 Å². The van der Waals surface area contributed by atoms with Crippen molar-refractivity contribution < 1.29 is 4.79 Å². The van der Waals surface area contributed by atoms with Gasteiger partial charge in [0.25, 0.3) is 0 Å². The van der Waals surface area contributed by atoms with Crippen molar-refractivity contribution in [3.63, 3.8) is 0 Å². The van der Waals surface area contributed by atoms with Gasteiger partial charge >= 0.3 is 0 Å². The average Bonchev–Trinajstić information content (AvgIpc) is 2.35. The number of nitrogens with two attached hydrogens (primary N) is 1. The van der Waals surface area contributed by atoms with Crippen LogP contribution in [-0.2, 0) is 4.79 Å². The van der Waals surface area contributed by atoms with Crippen molar-refractivity contribution in [2.45, 2.75) is 0 Å². The molecule has 60 valence electrons. The molecule has 11 heavy (non-hydrogen) atoms. The number of amides is 1. The summed E-state index contributed by atoms with van der Waals surface area (Å²) >= 11 is 0. The summed E-state index contributed by atoms with van der Waals surface area (Å²) in [5.41, 5.74) is 5.97. The molecule has 0 atom stereocenters. The number of hydrogen-bond acceptors (Lipinski definition) is 2. The summed E-state index contributed by atoms with van der Waals surface area (Å²) in [4.78, 5) is 15.1. The highest BCUT2D eigenvalue weighted by Crippen LogP contribution is 2.08. The number of nitrogens with zero attached hydrogens (tertiary/aromatic N) is 1. The zero-order chi connectivity index (χ0) is 8.27. The van der Waals surface area contributed by atoms with Gasteiger partial charge in [0, 0.05) is 19.4 Å². The van der Waals surface area contributed by atoms with E-state index in [0.717, 1.165) is 5.69 Å². The first-order chi connectivity index (χ1) is 5.20. The minimum Gasteiger partial charge on any atom is -0.368 e. The smallest absolute Gasteiger partial charge is 0.236 e. The Morgan fingerprint density at radius 2 is 2.55 bits per heavy atom. The van der Waals surface area contributed by atoms with Crippen molar-refractivity contribution in [1.82, 2.24) is 4.98 Å². The number of H-pyrrole nitrogens is 1. The van der Waals surface area contributed by atoms with E-state index >= 15 is 0 Å². The van der Waals surface area contributed by atoms with E-state index < -0.39 is 0 Å². The van der Waals surface area contributed by atoms with Crippen molar-refractivity contribution >= 4 is 11.6 Å². The SMILES string of the molecule is CN(CC(N)=O)c1cc[nH]c1. The normalized spacial score (nSPS) is 9.55. The summed E-state index contributed by atoms with van der Waals surface area (Å²) in [7, 11) is 1.81. The standard InChI is InChI=1S/C7H11N3O/c1-10(5-7(8)11)6-2-3-9-4-6/h2-4,9H,5H2,1H3,(H2,8,11). The lowest BCUT2D eigenvalue weighted by molar-refractivity contribution is -0.116. The summed E-state index contributed by atoms with van der Waals surface area (Å²) in [5.74, 6) is -0.325. The van der Waals surface area contributed by atoms with Crippen LogP contribution in [0, 0.1) is 0 Å². The predicted octanol–water partition coefficient (Wildman–Crippen LogP) is -0.0638. The van der Waals surface area contributed by atoms with Crippen LogP contribution in [-0.4, -0.2) is 24.5 Å². The molecule has 1 rings (SSSR count).